The lowest BCUT2D eigenvalue weighted by Crippen LogP contribution is -2.60. The van der Waals surface area contributed by atoms with Crippen LogP contribution < -0.4 is 4.90 Å². The van der Waals surface area contributed by atoms with Crippen LogP contribution in [0.2, 0.25) is 0 Å². The van der Waals surface area contributed by atoms with Gasteiger partial charge < -0.3 is 9.88 Å². The summed E-state index contributed by atoms with van der Waals surface area (Å²) in [6.07, 6.45) is -1.54. The summed E-state index contributed by atoms with van der Waals surface area (Å²) in [5.41, 5.74) is 3.91. The van der Waals surface area contributed by atoms with Crippen LogP contribution >= 0.6 is 0 Å². The minimum atomic E-state index is -4.24. The van der Waals surface area contributed by atoms with Gasteiger partial charge in [0.2, 0.25) is 0 Å². The number of nitriles is 1. The van der Waals surface area contributed by atoms with E-state index < -0.39 is 12.6 Å². The summed E-state index contributed by atoms with van der Waals surface area (Å²) in [7, 11) is 0. The Kier molecular flexibility index (Phi) is 5.38. The molecule has 9 heteroatoms. The summed E-state index contributed by atoms with van der Waals surface area (Å²) >= 11 is 0. The molecule has 0 amide bonds. The predicted octanol–water partition coefficient (Wildman–Crippen LogP) is 5.19. The number of nitrogens with one attached hydrogen (secondary N) is 1. The Morgan fingerprint density at radius 1 is 1.00 bits per heavy atom. The highest BCUT2D eigenvalue weighted by atomic mass is 19.4. The number of hydrogen-bond acceptors (Lipinski definition) is 5. The third-order valence-electron chi connectivity index (χ3n) is 7.56. The van der Waals surface area contributed by atoms with Gasteiger partial charge in [0.1, 0.15) is 23.9 Å². The van der Waals surface area contributed by atoms with Gasteiger partial charge in [0.15, 0.2) is 0 Å². The van der Waals surface area contributed by atoms with Crippen LogP contribution in [0, 0.1) is 16.7 Å². The first kappa shape index (κ1) is 22.8. The number of alkyl halides is 3. The zero-order valence-electron chi connectivity index (χ0n) is 19.6. The van der Waals surface area contributed by atoms with Crippen molar-refractivity contribution in [2.45, 2.75) is 32.0 Å². The molecule has 0 bridgehead atoms. The second kappa shape index (κ2) is 8.49. The second-order valence-electron chi connectivity index (χ2n) is 10.2. The molecule has 2 aromatic heterocycles. The molecular weight excluding hydrogens is 465 g/mol. The molecule has 1 spiro atoms. The Balaban J connectivity index is 1.10. The summed E-state index contributed by atoms with van der Waals surface area (Å²) in [5, 5.41) is 10.8. The normalized spacial score (nSPS) is 18.0. The first-order valence-corrected chi connectivity index (χ1v) is 12.1. The Morgan fingerprint density at radius 2 is 1.78 bits per heavy atom. The van der Waals surface area contributed by atoms with E-state index >= 15 is 0 Å². The first-order chi connectivity index (χ1) is 17.3. The molecule has 2 aliphatic rings. The fourth-order valence-electron chi connectivity index (χ4n) is 5.70. The van der Waals surface area contributed by atoms with Gasteiger partial charge >= 0.3 is 6.18 Å². The average molecular weight is 491 g/mol. The molecule has 2 fully saturated rings. The number of hydrogen-bond donors (Lipinski definition) is 1. The fraction of sp³-hybridized carbons (Fsp3) is 0.370. The molecule has 6 rings (SSSR count). The maximum atomic E-state index is 12.9. The van der Waals surface area contributed by atoms with Crippen molar-refractivity contribution in [1.82, 2.24) is 19.9 Å². The molecule has 2 aliphatic heterocycles. The SMILES string of the molecule is N#Cc1cc2cc(CN3CCC4(CC3)CN(c3ncnc5ccc(CC(F)(F)F)cc35)C4)ccc2[nH]1. The van der Waals surface area contributed by atoms with Crippen molar-refractivity contribution in [2.75, 3.05) is 31.1 Å². The number of nitrogens with zero attached hydrogens (tertiary/aromatic N) is 5. The predicted molar refractivity (Wildman–Crippen MR) is 131 cm³/mol. The van der Waals surface area contributed by atoms with E-state index in [9.17, 15) is 13.2 Å². The van der Waals surface area contributed by atoms with Gasteiger partial charge in [-0.15, -0.1) is 0 Å². The van der Waals surface area contributed by atoms with E-state index in [1.807, 2.05) is 12.1 Å². The van der Waals surface area contributed by atoms with Gasteiger partial charge in [-0.2, -0.15) is 18.4 Å². The second-order valence-corrected chi connectivity index (χ2v) is 10.2. The quantitative estimate of drug-likeness (QED) is 0.426. The summed E-state index contributed by atoms with van der Waals surface area (Å²) in [4.78, 5) is 16.5. The third kappa shape index (κ3) is 4.37. The maximum absolute atomic E-state index is 12.9. The summed E-state index contributed by atoms with van der Waals surface area (Å²) in [5.74, 6) is 0.730. The molecule has 0 aliphatic carbocycles. The van der Waals surface area contributed by atoms with Crippen LogP contribution in [0.15, 0.2) is 48.8 Å². The Bertz CT molecular complexity index is 1470. The number of rotatable bonds is 4. The largest absolute Gasteiger partial charge is 0.393 e. The van der Waals surface area contributed by atoms with Gasteiger partial charge in [0.25, 0.3) is 0 Å². The number of benzene rings is 2. The molecule has 4 heterocycles. The monoisotopic (exact) mass is 490 g/mol. The molecule has 0 atom stereocenters. The van der Waals surface area contributed by atoms with Gasteiger partial charge in [0, 0.05) is 41.3 Å². The van der Waals surface area contributed by atoms with Crippen LogP contribution in [-0.2, 0) is 13.0 Å². The van der Waals surface area contributed by atoms with Crippen molar-refractivity contribution in [1.29, 1.82) is 5.26 Å². The van der Waals surface area contributed by atoms with Crippen molar-refractivity contribution in [2.24, 2.45) is 5.41 Å². The molecule has 2 aromatic carbocycles. The van der Waals surface area contributed by atoms with Crippen LogP contribution in [0.5, 0.6) is 0 Å². The van der Waals surface area contributed by atoms with Crippen molar-refractivity contribution < 1.29 is 13.2 Å². The fourth-order valence-corrected chi connectivity index (χ4v) is 5.70. The lowest BCUT2D eigenvalue weighted by atomic mass is 9.72. The number of fused-ring (bicyclic) bond motifs is 2. The third-order valence-corrected chi connectivity index (χ3v) is 7.56. The number of likely N-dealkylation sites (tertiary alicyclic amines) is 1. The highest BCUT2D eigenvalue weighted by Gasteiger charge is 2.45. The summed E-state index contributed by atoms with van der Waals surface area (Å²) < 4.78 is 38.7. The minimum Gasteiger partial charge on any atom is -0.355 e. The van der Waals surface area contributed by atoms with E-state index in [0.717, 1.165) is 62.3 Å². The van der Waals surface area contributed by atoms with Crippen LogP contribution in [0.1, 0.15) is 29.7 Å². The van der Waals surface area contributed by atoms with Crippen molar-refractivity contribution in [3.63, 3.8) is 0 Å². The molecule has 4 aromatic rings. The number of H-pyrrole nitrogens is 1. The number of anilines is 1. The minimum absolute atomic E-state index is 0.226. The Hall–Kier alpha value is -3.64. The van der Waals surface area contributed by atoms with Gasteiger partial charge in [-0.25, -0.2) is 9.97 Å². The van der Waals surface area contributed by atoms with E-state index in [4.69, 9.17) is 5.26 Å². The molecule has 1 N–H and O–H groups in total. The maximum Gasteiger partial charge on any atom is 0.393 e. The number of aromatic nitrogens is 3. The van der Waals surface area contributed by atoms with Gasteiger partial charge in [-0.05, 0) is 67.4 Å². The number of halogens is 3. The van der Waals surface area contributed by atoms with Crippen molar-refractivity contribution in [3.05, 3.63) is 65.6 Å². The summed E-state index contributed by atoms with van der Waals surface area (Å²) in [6, 6.07) is 15.1. The molecule has 0 radical (unpaired) electrons. The first-order valence-electron chi connectivity index (χ1n) is 12.1. The Labute approximate surface area is 206 Å². The lowest BCUT2D eigenvalue weighted by molar-refractivity contribution is -0.127. The zero-order chi connectivity index (χ0) is 24.9. The van der Waals surface area contributed by atoms with Crippen LogP contribution in [0.4, 0.5) is 19.0 Å². The van der Waals surface area contributed by atoms with Crippen LogP contribution in [0.3, 0.4) is 0 Å². The zero-order valence-corrected chi connectivity index (χ0v) is 19.6. The van der Waals surface area contributed by atoms with Crippen LogP contribution in [-0.4, -0.2) is 52.2 Å². The Morgan fingerprint density at radius 3 is 2.53 bits per heavy atom. The van der Waals surface area contributed by atoms with Crippen molar-refractivity contribution >= 4 is 27.6 Å². The van der Waals surface area contributed by atoms with Crippen molar-refractivity contribution in [3.8, 4) is 6.07 Å². The molecule has 36 heavy (non-hydrogen) atoms. The molecular formula is C27H25F3N6. The van der Waals surface area contributed by atoms with Gasteiger partial charge in [-0.1, -0.05) is 12.1 Å². The lowest BCUT2D eigenvalue weighted by Gasteiger charge is -2.54. The van der Waals surface area contributed by atoms with E-state index in [2.05, 4.69) is 43.0 Å². The van der Waals surface area contributed by atoms with E-state index in [1.54, 1.807) is 12.1 Å². The smallest absolute Gasteiger partial charge is 0.355 e. The molecule has 0 unspecified atom stereocenters. The van der Waals surface area contributed by atoms with E-state index in [-0.39, 0.29) is 11.0 Å². The highest BCUT2D eigenvalue weighted by Crippen LogP contribution is 2.43. The molecule has 184 valence electrons. The highest BCUT2D eigenvalue weighted by molar-refractivity contribution is 5.90. The van der Waals surface area contributed by atoms with E-state index in [1.165, 1.54) is 18.0 Å². The topological polar surface area (TPSA) is 71.8 Å². The van der Waals surface area contributed by atoms with Crippen LogP contribution in [0.25, 0.3) is 21.8 Å². The molecule has 2 saturated heterocycles. The van der Waals surface area contributed by atoms with Gasteiger partial charge in [0.05, 0.1) is 11.9 Å². The molecule has 6 nitrogen and oxygen atoms in total. The molecule has 0 saturated carbocycles. The summed E-state index contributed by atoms with van der Waals surface area (Å²) in [6.45, 7) is 4.61. The number of piperidine rings is 1. The van der Waals surface area contributed by atoms with E-state index in [0.29, 0.717) is 16.6 Å². The average Bonchev–Trinajstić information content (AvgIpc) is 3.25. The number of aromatic amines is 1. The van der Waals surface area contributed by atoms with Gasteiger partial charge in [-0.3, -0.25) is 4.90 Å². The standard InChI is InChI=1S/C27H25F3N6/c28-27(29,30)12-18-1-4-24-22(10-18)25(33-17-32-24)36-15-26(16-36)5-7-35(8-6-26)14-19-2-3-23-20(9-19)11-21(13-31)34-23/h1-4,9-11,17,34H,5-8,12,14-16H2.